The van der Waals surface area contributed by atoms with Crippen LogP contribution in [0.4, 0.5) is 39.8 Å². The summed E-state index contributed by atoms with van der Waals surface area (Å²) in [5, 5.41) is 7.53. The van der Waals surface area contributed by atoms with Gasteiger partial charge in [-0.15, -0.1) is 0 Å². The molecule has 22 rings (SSSR count). The van der Waals surface area contributed by atoms with Crippen LogP contribution in [0.1, 0.15) is 154 Å². The highest BCUT2D eigenvalue weighted by Crippen LogP contribution is 2.50. The van der Waals surface area contributed by atoms with Crippen LogP contribution in [0.2, 0.25) is 0 Å². The van der Waals surface area contributed by atoms with Gasteiger partial charge in [-0.25, -0.2) is 0 Å². The third kappa shape index (κ3) is 15.2. The van der Waals surface area contributed by atoms with Gasteiger partial charge in [-0.3, -0.25) is 0 Å². The lowest BCUT2D eigenvalue weighted by atomic mass is 9.33. The molecule has 5 heterocycles. The first-order valence-corrected chi connectivity index (χ1v) is 47.7. The van der Waals surface area contributed by atoms with Crippen molar-refractivity contribution in [2.24, 2.45) is 0 Å². The van der Waals surface area contributed by atoms with E-state index in [9.17, 15) is 0 Å². The predicted octanol–water partition coefficient (Wildman–Crippen LogP) is 31.5. The van der Waals surface area contributed by atoms with Crippen LogP contribution in [0, 0.1) is 0 Å². The summed E-state index contributed by atoms with van der Waals surface area (Å²) in [6, 6.07) is 145. The molecule has 0 bridgehead atoms. The Kier molecular flexibility index (Phi) is 20.4. The Morgan fingerprint density at radius 2 is 0.594 bits per heavy atom. The van der Waals surface area contributed by atoms with E-state index in [2.05, 4.69) is 508 Å². The smallest absolute Gasteiger partial charge is 0.252 e. The maximum Gasteiger partial charge on any atom is 0.252 e. The van der Waals surface area contributed by atoms with Gasteiger partial charge >= 0.3 is 0 Å². The molecule has 3 aromatic heterocycles. The van der Waals surface area contributed by atoms with Gasteiger partial charge in [-0.2, -0.15) is 0 Å². The van der Waals surface area contributed by atoms with E-state index < -0.39 is 0 Å². The van der Waals surface area contributed by atoms with E-state index in [0.29, 0.717) is 26.2 Å². The number of anilines is 7. The normalized spacial score (nSPS) is 13.0. The molecule has 0 spiro atoms. The summed E-state index contributed by atoms with van der Waals surface area (Å²) in [7, 11) is 0. The Bertz CT molecular complexity index is 7640. The number of benzene rings is 17. The number of nitrogens with zero attached hydrogens (tertiary/aromatic N) is 6. The summed E-state index contributed by atoms with van der Waals surface area (Å²) in [5.74, 6) is 0. The summed E-state index contributed by atoms with van der Waals surface area (Å²) in [5.41, 5.74) is 40.8. The second-order valence-corrected chi connectivity index (χ2v) is 42.6. The quantitative estimate of drug-likeness (QED) is 0.0901. The number of hydrogen-bond acceptors (Lipinski definition) is 3. The summed E-state index contributed by atoms with van der Waals surface area (Å²) in [6.07, 6.45) is 0. The minimum absolute atomic E-state index is 0.0504. The van der Waals surface area contributed by atoms with Crippen molar-refractivity contribution in [1.29, 1.82) is 0 Å². The lowest BCUT2D eigenvalue weighted by Crippen LogP contribution is -2.62. The first-order chi connectivity index (χ1) is 64.1. The first kappa shape index (κ1) is 84.2. The minimum atomic E-state index is -0.230. The van der Waals surface area contributed by atoms with Crippen molar-refractivity contribution < 1.29 is 0 Å². The van der Waals surface area contributed by atoms with Crippen LogP contribution in [0.5, 0.6) is 0 Å². The zero-order valence-corrected chi connectivity index (χ0v) is 79.4. The summed E-state index contributed by atoms with van der Waals surface area (Å²) >= 11 is 0. The van der Waals surface area contributed by atoms with Gasteiger partial charge in [0.05, 0.1) is 11.0 Å². The molecule has 0 aliphatic carbocycles. The maximum absolute atomic E-state index is 2.80. The Morgan fingerprint density at radius 1 is 0.233 bits per heavy atom. The Labute approximate surface area is 784 Å². The zero-order valence-electron chi connectivity index (χ0n) is 79.4. The van der Waals surface area contributed by atoms with Gasteiger partial charge in [0.1, 0.15) is 0 Å². The molecule has 0 radical (unpaired) electrons. The van der Waals surface area contributed by atoms with E-state index >= 15 is 0 Å². The van der Waals surface area contributed by atoms with Crippen molar-refractivity contribution in [1.82, 2.24) is 13.7 Å². The lowest BCUT2D eigenvalue weighted by Gasteiger charge is -2.45. The Hall–Kier alpha value is -14.4. The van der Waals surface area contributed by atoms with Crippen LogP contribution < -0.4 is 31.1 Å². The van der Waals surface area contributed by atoms with Gasteiger partial charge in [0.2, 0.25) is 0 Å². The van der Waals surface area contributed by atoms with Gasteiger partial charge in [0.15, 0.2) is 0 Å². The van der Waals surface area contributed by atoms with Crippen LogP contribution in [0.3, 0.4) is 0 Å². The highest BCUT2D eigenvalue weighted by atomic mass is 15.2. The third-order valence-electron chi connectivity index (χ3n) is 28.6. The number of fused-ring (bicyclic) bond motifs is 13. The largest absolute Gasteiger partial charge is 0.338 e. The van der Waals surface area contributed by atoms with Crippen molar-refractivity contribution in [3.8, 4) is 50.2 Å². The van der Waals surface area contributed by atoms with Crippen LogP contribution in [-0.4, -0.2) is 20.4 Å². The fourth-order valence-corrected chi connectivity index (χ4v) is 21.4. The van der Waals surface area contributed by atoms with Crippen LogP contribution in [0.25, 0.3) is 116 Å². The van der Waals surface area contributed by atoms with Gasteiger partial charge in [0, 0.05) is 126 Å². The molecule has 17 aromatic carbocycles. The SMILES string of the molecule is CC(C)(C)c1cc(-c2ccccc2)c(CN2c3cc(Cn4c5ccc(C(C)(C)C)cc5c5cc(C(C)(C)C)ccc54)ccc3B3c4ccc(-n5c6ccc(C(C)(C)C)cc6c6cc(C(C)(C)C)ccc65)cc4N(Cc4cc(-c5ccccc5)cc(-c5ccccc5)c4)c4cc(Cn5c6ccccc6c6cc(N(c7ccccc7)c7ccccc7)ccc65)cc2c43)c(-c2ccccc2)c1. The average molecular weight is 1720 g/mol. The number of rotatable bonds is 16. The molecule has 20 aromatic rings. The molecule has 0 unspecified atom stereocenters. The van der Waals surface area contributed by atoms with Gasteiger partial charge in [-0.1, -0.05) is 334 Å². The van der Waals surface area contributed by atoms with Crippen LogP contribution in [-0.2, 0) is 53.3 Å². The van der Waals surface area contributed by atoms with Gasteiger partial charge in [-0.05, 0) is 284 Å². The summed E-state index contributed by atoms with van der Waals surface area (Å²) in [6.45, 7) is 37.3. The van der Waals surface area contributed by atoms with E-state index in [1.165, 1.54) is 199 Å². The van der Waals surface area contributed by atoms with Gasteiger partial charge in [0.25, 0.3) is 6.71 Å². The zero-order chi connectivity index (χ0) is 91.3. The fraction of sp³-hybridized carbons (Fsp3) is 0.190. The molecule has 133 heavy (non-hydrogen) atoms. The number of aromatic nitrogens is 3. The van der Waals surface area contributed by atoms with E-state index in [-0.39, 0.29) is 33.8 Å². The molecule has 7 heteroatoms. The molecule has 652 valence electrons. The van der Waals surface area contributed by atoms with Crippen molar-refractivity contribution in [3.05, 3.63) is 426 Å². The fourth-order valence-electron chi connectivity index (χ4n) is 21.4. The first-order valence-electron chi connectivity index (χ1n) is 47.7. The Morgan fingerprint density at radius 3 is 1.06 bits per heavy atom. The highest BCUT2D eigenvalue weighted by Gasteiger charge is 2.45. The van der Waals surface area contributed by atoms with E-state index in [1.54, 1.807) is 0 Å². The molecule has 0 amide bonds. The molecule has 0 fully saturated rings. The minimum Gasteiger partial charge on any atom is -0.338 e. The topological polar surface area (TPSA) is 24.5 Å². The summed E-state index contributed by atoms with van der Waals surface area (Å²) in [4.78, 5) is 7.96. The standard InChI is InChI=1S/C126H115BN6/c1-122(2,3)91-51-59-112-103(70-91)104-71-92(123(4,5)6)52-60-113(104)128(112)78-82-50-57-109-117(66-82)131(81-108-101(87-40-26-18-27-41-87)74-95(126(13,14)15)75-102(108)88-42-28-19-29-43-88)120-68-84(80-129-111-49-35-34-48-100(111)107-76-98(56-63-114(107)129)132(96-44-30-20-31-45-96)97-46-32-21-33-47-97)67-119-121(120)127(109)110-58-55-99(133-115-61-53-93(124(7,8)9)72-105(115)106-73-94(125(10,11)12)54-62-116(106)133)77-118(110)130(119)79-83-64-89(85-36-22-16-23-37-85)69-90(65-83)86-38-24-17-25-39-86/h16-77H,78-81H2,1-15H3. The van der Waals surface area contributed by atoms with Crippen molar-refractivity contribution in [3.63, 3.8) is 0 Å². The molecular weight excluding hydrogens is 1610 g/mol. The monoisotopic (exact) mass is 1720 g/mol. The maximum atomic E-state index is 2.80. The molecule has 2 aliphatic rings. The number of hydrogen-bond donors (Lipinski definition) is 0. The molecule has 2 aliphatic heterocycles. The molecular formula is C126H115BN6. The van der Waals surface area contributed by atoms with Crippen molar-refractivity contribution in [2.45, 2.75) is 157 Å². The second-order valence-electron chi connectivity index (χ2n) is 42.6. The molecule has 0 atom stereocenters. The third-order valence-corrected chi connectivity index (χ3v) is 28.6. The van der Waals surface area contributed by atoms with Gasteiger partial charge < -0.3 is 28.4 Å². The van der Waals surface area contributed by atoms with Crippen LogP contribution >= 0.6 is 0 Å². The van der Waals surface area contributed by atoms with Crippen molar-refractivity contribution >= 4 is 128 Å². The van der Waals surface area contributed by atoms with E-state index in [0.717, 1.165) is 22.7 Å². The summed E-state index contributed by atoms with van der Waals surface area (Å²) < 4.78 is 7.83. The number of para-hydroxylation sites is 3. The molecule has 0 saturated carbocycles. The van der Waals surface area contributed by atoms with E-state index in [4.69, 9.17) is 0 Å². The lowest BCUT2D eigenvalue weighted by molar-refractivity contribution is 0.590. The molecule has 0 saturated heterocycles. The molecule has 6 nitrogen and oxygen atoms in total. The van der Waals surface area contributed by atoms with E-state index in [1.807, 2.05) is 0 Å². The van der Waals surface area contributed by atoms with Crippen molar-refractivity contribution in [2.75, 3.05) is 14.7 Å². The Balaban J connectivity index is 0.846. The van der Waals surface area contributed by atoms with Crippen LogP contribution in [0.15, 0.2) is 376 Å². The predicted molar refractivity (Wildman–Crippen MR) is 570 cm³/mol. The molecule has 0 N–H and O–H groups in total. The highest BCUT2D eigenvalue weighted by molar-refractivity contribution is 7.00. The average Bonchev–Trinajstić information content (AvgIpc) is 1.08. The second kappa shape index (κ2) is 32.3.